The van der Waals surface area contributed by atoms with E-state index < -0.39 is 0 Å². The van der Waals surface area contributed by atoms with Gasteiger partial charge in [-0.1, -0.05) is 6.07 Å². The molecule has 20 heavy (non-hydrogen) atoms. The zero-order valence-corrected chi connectivity index (χ0v) is 11.0. The molecule has 5 nitrogen and oxygen atoms in total. The number of H-pyrrole nitrogens is 1. The van der Waals surface area contributed by atoms with Crippen LogP contribution in [0.3, 0.4) is 0 Å². The summed E-state index contributed by atoms with van der Waals surface area (Å²) in [7, 11) is 0. The van der Waals surface area contributed by atoms with Crippen LogP contribution in [0.1, 0.15) is 12.2 Å². The molecular formula is C15H16N4O. The summed E-state index contributed by atoms with van der Waals surface area (Å²) in [5.74, 6) is 2.05. The van der Waals surface area contributed by atoms with E-state index in [0.717, 1.165) is 41.8 Å². The lowest BCUT2D eigenvalue weighted by atomic mass is 10.1. The molecule has 0 radical (unpaired) electrons. The van der Waals surface area contributed by atoms with Gasteiger partial charge in [0.25, 0.3) is 0 Å². The number of anilines is 1. The summed E-state index contributed by atoms with van der Waals surface area (Å²) in [5, 5.41) is 14.9. The van der Waals surface area contributed by atoms with Gasteiger partial charge in [0.15, 0.2) is 0 Å². The van der Waals surface area contributed by atoms with Gasteiger partial charge >= 0.3 is 0 Å². The summed E-state index contributed by atoms with van der Waals surface area (Å²) in [6.07, 6.45) is 7.23. The topological polar surface area (TPSA) is 73.8 Å². The Morgan fingerprint density at radius 3 is 2.95 bits per heavy atom. The molecule has 5 heteroatoms. The van der Waals surface area contributed by atoms with E-state index in [1.54, 1.807) is 24.5 Å². The van der Waals surface area contributed by atoms with E-state index in [1.165, 1.54) is 0 Å². The van der Waals surface area contributed by atoms with Crippen molar-refractivity contribution in [1.29, 1.82) is 0 Å². The molecule has 102 valence electrons. The molecule has 3 rings (SSSR count). The highest BCUT2D eigenvalue weighted by molar-refractivity contribution is 5.92. The van der Waals surface area contributed by atoms with Crippen LogP contribution in [0.25, 0.3) is 10.8 Å². The van der Waals surface area contributed by atoms with E-state index in [2.05, 4.69) is 20.3 Å². The third kappa shape index (κ3) is 2.71. The van der Waals surface area contributed by atoms with Gasteiger partial charge in [-0.25, -0.2) is 9.97 Å². The zero-order chi connectivity index (χ0) is 13.8. The summed E-state index contributed by atoms with van der Waals surface area (Å²) in [4.78, 5) is 11.6. The Bertz CT molecular complexity index is 694. The first kappa shape index (κ1) is 12.5. The molecule has 0 aliphatic heterocycles. The molecule has 0 aliphatic carbocycles. The summed E-state index contributed by atoms with van der Waals surface area (Å²) in [5.41, 5.74) is 0. The third-order valence-electron chi connectivity index (χ3n) is 3.19. The molecule has 2 heterocycles. The van der Waals surface area contributed by atoms with Gasteiger partial charge in [-0.3, -0.25) is 0 Å². The van der Waals surface area contributed by atoms with Crippen molar-refractivity contribution in [2.24, 2.45) is 0 Å². The molecule has 3 N–H and O–H groups in total. The van der Waals surface area contributed by atoms with E-state index in [4.69, 9.17) is 0 Å². The van der Waals surface area contributed by atoms with Gasteiger partial charge in [0.1, 0.15) is 17.4 Å². The van der Waals surface area contributed by atoms with Crippen LogP contribution >= 0.6 is 0 Å². The van der Waals surface area contributed by atoms with Crippen LogP contribution in [0.2, 0.25) is 0 Å². The van der Waals surface area contributed by atoms with E-state index in [-0.39, 0.29) is 5.75 Å². The van der Waals surface area contributed by atoms with Crippen molar-refractivity contribution in [2.45, 2.75) is 12.8 Å². The third-order valence-corrected chi connectivity index (χ3v) is 3.19. The number of hydrogen-bond donors (Lipinski definition) is 3. The van der Waals surface area contributed by atoms with Crippen LogP contribution in [0.4, 0.5) is 5.82 Å². The molecule has 2 aromatic heterocycles. The second kappa shape index (κ2) is 5.61. The number of benzene rings is 1. The SMILES string of the molecule is Oc1ccc2ccnc(NCCCc3ncc[nH]3)c2c1. The molecule has 0 bridgehead atoms. The monoisotopic (exact) mass is 268 g/mol. The predicted octanol–water partition coefficient (Wildman–Crippen LogP) is 2.71. The first-order chi connectivity index (χ1) is 9.83. The van der Waals surface area contributed by atoms with Gasteiger partial charge < -0.3 is 15.4 Å². The van der Waals surface area contributed by atoms with Crippen molar-refractivity contribution in [2.75, 3.05) is 11.9 Å². The molecule has 0 unspecified atom stereocenters. The average molecular weight is 268 g/mol. The van der Waals surface area contributed by atoms with Gasteiger partial charge in [0, 0.05) is 36.9 Å². The van der Waals surface area contributed by atoms with Gasteiger partial charge in [-0.2, -0.15) is 0 Å². The molecule has 0 aliphatic rings. The molecule has 3 aromatic rings. The second-order valence-corrected chi connectivity index (χ2v) is 4.63. The minimum atomic E-state index is 0.254. The highest BCUT2D eigenvalue weighted by Crippen LogP contribution is 2.24. The molecule has 0 atom stereocenters. The van der Waals surface area contributed by atoms with Gasteiger partial charge in [-0.15, -0.1) is 0 Å². The predicted molar refractivity (Wildman–Crippen MR) is 78.8 cm³/mol. The number of hydrogen-bond acceptors (Lipinski definition) is 4. The fourth-order valence-electron chi connectivity index (χ4n) is 2.19. The number of imidazole rings is 1. The maximum atomic E-state index is 9.58. The van der Waals surface area contributed by atoms with Crippen LogP contribution < -0.4 is 5.32 Å². The van der Waals surface area contributed by atoms with Crippen LogP contribution in [0.15, 0.2) is 42.9 Å². The Morgan fingerprint density at radius 2 is 2.10 bits per heavy atom. The first-order valence-electron chi connectivity index (χ1n) is 6.63. The maximum Gasteiger partial charge on any atom is 0.133 e. The quantitative estimate of drug-likeness (QED) is 0.622. The summed E-state index contributed by atoms with van der Waals surface area (Å²) in [6.45, 7) is 0.808. The van der Waals surface area contributed by atoms with Crippen molar-refractivity contribution >= 4 is 16.6 Å². The standard InChI is InChI=1S/C15H16N4O/c20-12-4-3-11-5-7-19-15(13(11)10-12)18-6-1-2-14-16-8-9-17-14/h3-5,7-10,20H,1-2,6H2,(H,16,17)(H,18,19). The smallest absolute Gasteiger partial charge is 0.133 e. The maximum absolute atomic E-state index is 9.58. The number of aromatic nitrogens is 3. The largest absolute Gasteiger partial charge is 0.508 e. The van der Waals surface area contributed by atoms with Crippen molar-refractivity contribution in [3.63, 3.8) is 0 Å². The Balaban J connectivity index is 1.66. The number of nitrogens with zero attached hydrogens (tertiary/aromatic N) is 2. The number of nitrogens with one attached hydrogen (secondary N) is 2. The Morgan fingerprint density at radius 1 is 1.15 bits per heavy atom. The second-order valence-electron chi connectivity index (χ2n) is 4.63. The number of phenolic OH excluding ortho intramolecular Hbond substituents is 1. The number of aromatic amines is 1. The number of pyridine rings is 1. The Hall–Kier alpha value is -2.56. The van der Waals surface area contributed by atoms with Crippen LogP contribution in [0.5, 0.6) is 5.75 Å². The number of rotatable bonds is 5. The molecule has 1 aromatic carbocycles. The normalized spacial score (nSPS) is 10.8. The minimum absolute atomic E-state index is 0.254. The Kier molecular flexibility index (Phi) is 3.50. The molecule has 0 saturated heterocycles. The van der Waals surface area contributed by atoms with Crippen LogP contribution in [-0.4, -0.2) is 26.6 Å². The van der Waals surface area contributed by atoms with Crippen molar-refractivity contribution in [3.8, 4) is 5.75 Å². The van der Waals surface area contributed by atoms with Gasteiger partial charge in [0.2, 0.25) is 0 Å². The van der Waals surface area contributed by atoms with Crippen molar-refractivity contribution in [1.82, 2.24) is 15.0 Å². The highest BCUT2D eigenvalue weighted by atomic mass is 16.3. The van der Waals surface area contributed by atoms with E-state index in [0.29, 0.717) is 0 Å². The lowest BCUT2D eigenvalue weighted by Crippen LogP contribution is -2.05. The van der Waals surface area contributed by atoms with E-state index in [9.17, 15) is 5.11 Å². The van der Waals surface area contributed by atoms with Crippen molar-refractivity contribution < 1.29 is 5.11 Å². The summed E-state index contributed by atoms with van der Waals surface area (Å²) in [6, 6.07) is 7.24. The number of fused-ring (bicyclic) bond motifs is 1. The number of phenols is 1. The fourth-order valence-corrected chi connectivity index (χ4v) is 2.19. The number of aromatic hydroxyl groups is 1. The summed E-state index contributed by atoms with van der Waals surface area (Å²) < 4.78 is 0. The van der Waals surface area contributed by atoms with Crippen LogP contribution in [-0.2, 0) is 6.42 Å². The number of aryl methyl sites for hydroxylation is 1. The summed E-state index contributed by atoms with van der Waals surface area (Å²) >= 11 is 0. The first-order valence-corrected chi connectivity index (χ1v) is 6.63. The van der Waals surface area contributed by atoms with E-state index >= 15 is 0 Å². The van der Waals surface area contributed by atoms with Gasteiger partial charge in [0.05, 0.1) is 0 Å². The minimum Gasteiger partial charge on any atom is -0.508 e. The average Bonchev–Trinajstić information content (AvgIpc) is 2.97. The zero-order valence-electron chi connectivity index (χ0n) is 11.0. The molecule has 0 fully saturated rings. The van der Waals surface area contributed by atoms with Crippen molar-refractivity contribution in [3.05, 3.63) is 48.7 Å². The lowest BCUT2D eigenvalue weighted by molar-refractivity contribution is 0.476. The highest BCUT2D eigenvalue weighted by Gasteiger charge is 2.03. The molecule has 0 spiro atoms. The fraction of sp³-hybridized carbons (Fsp3) is 0.200. The van der Waals surface area contributed by atoms with E-state index in [1.807, 2.05) is 18.3 Å². The Labute approximate surface area is 116 Å². The molecular weight excluding hydrogens is 252 g/mol. The molecule has 0 saturated carbocycles. The lowest BCUT2D eigenvalue weighted by Gasteiger charge is -2.08. The molecule has 0 amide bonds. The van der Waals surface area contributed by atoms with Gasteiger partial charge in [-0.05, 0) is 30.0 Å². The van der Waals surface area contributed by atoms with Crippen LogP contribution in [0, 0.1) is 0 Å².